The third-order valence-electron chi connectivity index (χ3n) is 4.96. The fourth-order valence-electron chi connectivity index (χ4n) is 3.34. The van der Waals surface area contributed by atoms with Gasteiger partial charge in [0.25, 0.3) is 5.56 Å². The van der Waals surface area contributed by atoms with Gasteiger partial charge in [-0.25, -0.2) is 4.40 Å². The Hall–Kier alpha value is -3.77. The third kappa shape index (κ3) is 3.98. The van der Waals surface area contributed by atoms with E-state index in [1.54, 1.807) is 4.40 Å². The van der Waals surface area contributed by atoms with Crippen LogP contribution in [-0.4, -0.2) is 14.6 Å². The smallest absolute Gasteiger partial charge is 0.276 e. The summed E-state index contributed by atoms with van der Waals surface area (Å²) in [5.74, 6) is 1.32. The van der Waals surface area contributed by atoms with Gasteiger partial charge in [0.15, 0.2) is 5.82 Å². The fraction of sp³-hybridized carbons (Fsp3) is 0.0800. The van der Waals surface area contributed by atoms with Gasteiger partial charge in [0.2, 0.25) is 4.96 Å². The Morgan fingerprint density at radius 3 is 2.58 bits per heavy atom. The lowest BCUT2D eigenvalue weighted by molar-refractivity contribution is 0.306. The number of hydrogen-bond acceptors (Lipinski definition) is 5. The topological polar surface area (TPSA) is 56.5 Å². The molecule has 5 aromatic rings. The molecular formula is C25H19N3O2S. The van der Waals surface area contributed by atoms with Crippen molar-refractivity contribution in [2.45, 2.75) is 13.5 Å². The number of fused-ring (bicyclic) bond motifs is 1. The van der Waals surface area contributed by atoms with Crippen molar-refractivity contribution in [1.82, 2.24) is 14.6 Å². The van der Waals surface area contributed by atoms with Crippen LogP contribution in [-0.2, 0) is 6.61 Å². The lowest BCUT2D eigenvalue weighted by Gasteiger charge is -2.06. The molecule has 0 fully saturated rings. The summed E-state index contributed by atoms with van der Waals surface area (Å²) in [4.78, 5) is 13.7. The number of hydrogen-bond donors (Lipinski definition) is 0. The highest BCUT2D eigenvalue weighted by Gasteiger charge is 2.14. The van der Waals surface area contributed by atoms with Gasteiger partial charge in [-0.1, -0.05) is 83.6 Å². The van der Waals surface area contributed by atoms with Gasteiger partial charge in [0.1, 0.15) is 12.4 Å². The van der Waals surface area contributed by atoms with Crippen molar-refractivity contribution in [2.24, 2.45) is 0 Å². The molecule has 0 saturated carbocycles. The average molecular weight is 426 g/mol. The van der Waals surface area contributed by atoms with Gasteiger partial charge in [-0.2, -0.15) is 0 Å². The molecule has 0 spiro atoms. The summed E-state index contributed by atoms with van der Waals surface area (Å²) in [6.45, 7) is 2.52. The zero-order valence-electron chi connectivity index (χ0n) is 16.9. The molecule has 5 nitrogen and oxygen atoms in total. The Morgan fingerprint density at radius 1 is 0.968 bits per heavy atom. The van der Waals surface area contributed by atoms with Crippen LogP contribution in [0.1, 0.15) is 16.7 Å². The summed E-state index contributed by atoms with van der Waals surface area (Å²) in [7, 11) is 0. The minimum absolute atomic E-state index is 0.115. The zero-order chi connectivity index (χ0) is 21.2. The minimum atomic E-state index is -0.115. The van der Waals surface area contributed by atoms with Crippen molar-refractivity contribution < 1.29 is 4.74 Å². The summed E-state index contributed by atoms with van der Waals surface area (Å²) in [5, 5.41) is 8.43. The van der Waals surface area contributed by atoms with Crippen molar-refractivity contribution in [2.75, 3.05) is 0 Å². The average Bonchev–Trinajstić information content (AvgIpc) is 3.34. The monoisotopic (exact) mass is 425 g/mol. The summed E-state index contributed by atoms with van der Waals surface area (Å²) in [6, 6.07) is 25.7. The second kappa shape index (κ2) is 8.16. The van der Waals surface area contributed by atoms with E-state index in [9.17, 15) is 4.79 Å². The quantitative estimate of drug-likeness (QED) is 0.422. The van der Waals surface area contributed by atoms with E-state index in [0.29, 0.717) is 21.9 Å². The van der Waals surface area contributed by atoms with E-state index in [1.807, 2.05) is 91.9 Å². The van der Waals surface area contributed by atoms with Crippen molar-refractivity contribution in [3.8, 4) is 17.1 Å². The highest BCUT2D eigenvalue weighted by atomic mass is 32.1. The Balaban J connectivity index is 1.47. The molecule has 0 aliphatic heterocycles. The molecule has 2 heterocycles. The number of thiazole rings is 1. The van der Waals surface area contributed by atoms with Crippen molar-refractivity contribution >= 4 is 22.4 Å². The van der Waals surface area contributed by atoms with Crippen molar-refractivity contribution in [3.05, 3.63) is 110 Å². The minimum Gasteiger partial charge on any atom is -0.489 e. The molecule has 5 rings (SSSR count). The Labute approximate surface area is 182 Å². The Kier molecular flexibility index (Phi) is 5.06. The predicted octanol–water partition coefficient (Wildman–Crippen LogP) is 4.25. The van der Waals surface area contributed by atoms with Gasteiger partial charge in [-0.15, -0.1) is 10.2 Å². The lowest BCUT2D eigenvalue weighted by atomic mass is 10.1. The van der Waals surface area contributed by atoms with Gasteiger partial charge < -0.3 is 4.74 Å². The van der Waals surface area contributed by atoms with Crippen LogP contribution in [0.25, 0.3) is 22.4 Å². The number of aromatic nitrogens is 3. The molecule has 0 atom stereocenters. The first-order chi connectivity index (χ1) is 15.2. The molecule has 3 aromatic carbocycles. The molecular weight excluding hydrogens is 406 g/mol. The normalized spacial score (nSPS) is 11.8. The first kappa shape index (κ1) is 19.2. The van der Waals surface area contributed by atoms with E-state index in [0.717, 1.165) is 28.0 Å². The molecule has 0 unspecified atom stereocenters. The van der Waals surface area contributed by atoms with E-state index >= 15 is 0 Å². The third-order valence-corrected chi connectivity index (χ3v) is 5.92. The number of aryl methyl sites for hydroxylation is 1. The van der Waals surface area contributed by atoms with E-state index < -0.39 is 0 Å². The summed E-state index contributed by atoms with van der Waals surface area (Å²) in [6.07, 6.45) is 1.87. The number of rotatable bonds is 5. The SMILES string of the molecule is Cc1ccc(-c2nnc3s/c(=C/c4cccc(OCc5ccccc5)c4)c(=O)n23)cc1. The van der Waals surface area contributed by atoms with E-state index in [4.69, 9.17) is 4.74 Å². The van der Waals surface area contributed by atoms with E-state index in [1.165, 1.54) is 11.3 Å². The van der Waals surface area contributed by atoms with Crippen molar-refractivity contribution in [3.63, 3.8) is 0 Å². The van der Waals surface area contributed by atoms with Gasteiger partial charge in [-0.3, -0.25) is 4.79 Å². The fourth-order valence-corrected chi connectivity index (χ4v) is 4.25. The van der Waals surface area contributed by atoms with Gasteiger partial charge in [-0.05, 0) is 36.3 Å². The first-order valence-electron chi connectivity index (χ1n) is 9.91. The number of nitrogens with zero attached hydrogens (tertiary/aromatic N) is 3. The molecule has 0 amide bonds. The summed E-state index contributed by atoms with van der Waals surface area (Å²) in [5.41, 5.74) is 3.92. The maximum atomic E-state index is 13.1. The molecule has 0 radical (unpaired) electrons. The van der Waals surface area contributed by atoms with Gasteiger partial charge >= 0.3 is 0 Å². The first-order valence-corrected chi connectivity index (χ1v) is 10.7. The van der Waals surface area contributed by atoms with Crippen molar-refractivity contribution in [1.29, 1.82) is 0 Å². The lowest BCUT2D eigenvalue weighted by Crippen LogP contribution is -2.23. The van der Waals surface area contributed by atoms with E-state index in [2.05, 4.69) is 10.2 Å². The van der Waals surface area contributed by atoms with Gasteiger partial charge in [0, 0.05) is 5.56 Å². The summed E-state index contributed by atoms with van der Waals surface area (Å²) >= 11 is 1.33. The predicted molar refractivity (Wildman–Crippen MR) is 123 cm³/mol. The van der Waals surface area contributed by atoms with Crippen LogP contribution < -0.4 is 14.8 Å². The molecule has 0 bridgehead atoms. The molecule has 0 aliphatic carbocycles. The largest absolute Gasteiger partial charge is 0.489 e. The number of ether oxygens (including phenoxy) is 1. The Morgan fingerprint density at radius 2 is 1.77 bits per heavy atom. The van der Waals surface area contributed by atoms with Crippen LogP contribution in [0.5, 0.6) is 5.75 Å². The molecule has 152 valence electrons. The van der Waals surface area contributed by atoms with Crippen LogP contribution in [0.4, 0.5) is 0 Å². The number of benzene rings is 3. The van der Waals surface area contributed by atoms with Gasteiger partial charge in [0.05, 0.1) is 4.53 Å². The maximum absolute atomic E-state index is 13.1. The molecule has 2 aromatic heterocycles. The highest BCUT2D eigenvalue weighted by molar-refractivity contribution is 7.15. The highest BCUT2D eigenvalue weighted by Crippen LogP contribution is 2.19. The standard InChI is InChI=1S/C25H19N3O2S/c1-17-10-12-20(13-11-17)23-26-27-25-28(23)24(29)22(31-25)15-19-8-5-9-21(14-19)30-16-18-6-3-2-4-7-18/h2-15H,16H2,1H3/b22-15+. The summed E-state index contributed by atoms with van der Waals surface area (Å²) < 4.78 is 8.10. The van der Waals surface area contributed by atoms with Crippen LogP contribution in [0.15, 0.2) is 83.7 Å². The molecule has 6 heteroatoms. The Bertz CT molecular complexity index is 1450. The molecule has 0 saturated heterocycles. The van der Waals surface area contributed by atoms with Crippen LogP contribution in [0, 0.1) is 6.92 Å². The van der Waals surface area contributed by atoms with Crippen LogP contribution in [0.2, 0.25) is 0 Å². The van der Waals surface area contributed by atoms with E-state index in [-0.39, 0.29) is 5.56 Å². The second-order valence-corrected chi connectivity index (χ2v) is 8.28. The molecule has 0 N–H and O–H groups in total. The zero-order valence-corrected chi connectivity index (χ0v) is 17.7. The second-order valence-electron chi connectivity index (χ2n) is 7.27. The maximum Gasteiger partial charge on any atom is 0.276 e. The molecule has 31 heavy (non-hydrogen) atoms. The van der Waals surface area contributed by atoms with Crippen LogP contribution >= 0.6 is 11.3 Å². The molecule has 0 aliphatic rings. The van der Waals surface area contributed by atoms with Crippen LogP contribution in [0.3, 0.4) is 0 Å².